The SMILES string of the molecule is Cc1cccc(Nc2cc(NCC3CCCO3)nc(C)n2)c1. The van der Waals surface area contributed by atoms with E-state index in [4.69, 9.17) is 4.74 Å². The third-order valence-corrected chi connectivity index (χ3v) is 3.66. The summed E-state index contributed by atoms with van der Waals surface area (Å²) in [7, 11) is 0. The molecular weight excluding hydrogens is 276 g/mol. The summed E-state index contributed by atoms with van der Waals surface area (Å²) in [4.78, 5) is 8.88. The number of rotatable bonds is 5. The van der Waals surface area contributed by atoms with E-state index < -0.39 is 0 Å². The fourth-order valence-corrected chi connectivity index (χ4v) is 2.62. The van der Waals surface area contributed by atoms with Crippen LogP contribution in [0.2, 0.25) is 0 Å². The van der Waals surface area contributed by atoms with Crippen molar-refractivity contribution in [3.8, 4) is 0 Å². The highest BCUT2D eigenvalue weighted by Crippen LogP contribution is 2.19. The molecule has 0 spiro atoms. The van der Waals surface area contributed by atoms with Crippen LogP contribution >= 0.6 is 0 Å². The largest absolute Gasteiger partial charge is 0.376 e. The van der Waals surface area contributed by atoms with Crippen LogP contribution in [0.1, 0.15) is 24.2 Å². The first-order valence-electron chi connectivity index (χ1n) is 7.74. The van der Waals surface area contributed by atoms with E-state index in [1.165, 1.54) is 5.56 Å². The zero-order valence-corrected chi connectivity index (χ0v) is 13.1. The van der Waals surface area contributed by atoms with Crippen molar-refractivity contribution in [1.29, 1.82) is 0 Å². The van der Waals surface area contributed by atoms with Crippen molar-refractivity contribution in [3.05, 3.63) is 41.7 Å². The molecule has 1 aliphatic heterocycles. The Bertz CT molecular complexity index is 638. The lowest BCUT2D eigenvalue weighted by molar-refractivity contribution is 0.120. The Morgan fingerprint density at radius 2 is 2.05 bits per heavy atom. The maximum atomic E-state index is 5.62. The van der Waals surface area contributed by atoms with Crippen LogP contribution in [0.15, 0.2) is 30.3 Å². The number of aromatic nitrogens is 2. The molecule has 116 valence electrons. The topological polar surface area (TPSA) is 59.1 Å². The van der Waals surface area contributed by atoms with Gasteiger partial charge in [-0.05, 0) is 44.4 Å². The van der Waals surface area contributed by atoms with Crippen LogP contribution in [-0.2, 0) is 4.74 Å². The first kappa shape index (κ1) is 14.8. The normalized spacial score (nSPS) is 17.5. The molecular formula is C17H22N4O. The van der Waals surface area contributed by atoms with Crippen molar-refractivity contribution >= 4 is 17.3 Å². The van der Waals surface area contributed by atoms with E-state index in [0.717, 1.165) is 49.1 Å². The first-order valence-corrected chi connectivity index (χ1v) is 7.74. The van der Waals surface area contributed by atoms with Gasteiger partial charge in [-0.1, -0.05) is 12.1 Å². The minimum atomic E-state index is 0.295. The molecule has 0 amide bonds. The van der Waals surface area contributed by atoms with E-state index >= 15 is 0 Å². The highest BCUT2D eigenvalue weighted by molar-refractivity contribution is 5.59. The van der Waals surface area contributed by atoms with Crippen LogP contribution < -0.4 is 10.6 Å². The smallest absolute Gasteiger partial charge is 0.136 e. The van der Waals surface area contributed by atoms with Gasteiger partial charge in [-0.25, -0.2) is 9.97 Å². The third kappa shape index (κ3) is 3.95. The number of hydrogen-bond acceptors (Lipinski definition) is 5. The summed E-state index contributed by atoms with van der Waals surface area (Å²) in [5.74, 6) is 2.37. The van der Waals surface area contributed by atoms with Crippen LogP contribution in [0, 0.1) is 13.8 Å². The Hall–Kier alpha value is -2.14. The molecule has 1 aliphatic rings. The van der Waals surface area contributed by atoms with Gasteiger partial charge in [0, 0.05) is 24.9 Å². The summed E-state index contributed by atoms with van der Waals surface area (Å²) in [6.07, 6.45) is 2.56. The average Bonchev–Trinajstić information content (AvgIpc) is 2.98. The molecule has 1 atom stereocenters. The highest BCUT2D eigenvalue weighted by atomic mass is 16.5. The van der Waals surface area contributed by atoms with Crippen LogP contribution in [-0.4, -0.2) is 29.2 Å². The molecule has 0 bridgehead atoms. The standard InChI is InChI=1S/C17H22N4O/c1-12-5-3-6-14(9-12)21-17-10-16(19-13(2)20-17)18-11-15-7-4-8-22-15/h3,5-6,9-10,15H,4,7-8,11H2,1-2H3,(H2,18,19,20,21). The summed E-state index contributed by atoms with van der Waals surface area (Å²) in [5, 5.41) is 6.68. The minimum absolute atomic E-state index is 0.295. The van der Waals surface area contributed by atoms with Gasteiger partial charge < -0.3 is 15.4 Å². The Labute approximate surface area is 131 Å². The summed E-state index contributed by atoms with van der Waals surface area (Å²) in [6, 6.07) is 10.2. The molecule has 2 aromatic rings. The molecule has 3 rings (SSSR count). The molecule has 2 N–H and O–H groups in total. The van der Waals surface area contributed by atoms with E-state index in [9.17, 15) is 0 Å². The number of benzene rings is 1. The van der Waals surface area contributed by atoms with Gasteiger partial charge in [0.15, 0.2) is 0 Å². The fraction of sp³-hybridized carbons (Fsp3) is 0.412. The molecule has 1 saturated heterocycles. The molecule has 22 heavy (non-hydrogen) atoms. The Morgan fingerprint density at radius 1 is 1.18 bits per heavy atom. The third-order valence-electron chi connectivity index (χ3n) is 3.66. The summed E-state index contributed by atoms with van der Waals surface area (Å²) in [5.41, 5.74) is 2.25. The highest BCUT2D eigenvalue weighted by Gasteiger charge is 2.15. The van der Waals surface area contributed by atoms with E-state index in [-0.39, 0.29) is 0 Å². The van der Waals surface area contributed by atoms with Gasteiger partial charge >= 0.3 is 0 Å². The van der Waals surface area contributed by atoms with Crippen molar-refractivity contribution in [2.75, 3.05) is 23.8 Å². The lowest BCUT2D eigenvalue weighted by atomic mass is 10.2. The van der Waals surface area contributed by atoms with Gasteiger partial charge in [0.25, 0.3) is 0 Å². The van der Waals surface area contributed by atoms with Crippen molar-refractivity contribution in [3.63, 3.8) is 0 Å². The van der Waals surface area contributed by atoms with Gasteiger partial charge in [-0.2, -0.15) is 0 Å². The number of hydrogen-bond donors (Lipinski definition) is 2. The van der Waals surface area contributed by atoms with Gasteiger partial charge in [0.05, 0.1) is 6.10 Å². The molecule has 1 unspecified atom stereocenters. The molecule has 5 heteroatoms. The molecule has 0 radical (unpaired) electrons. The van der Waals surface area contributed by atoms with Gasteiger partial charge in [-0.15, -0.1) is 0 Å². The van der Waals surface area contributed by atoms with E-state index in [1.54, 1.807) is 0 Å². The quantitative estimate of drug-likeness (QED) is 0.885. The maximum Gasteiger partial charge on any atom is 0.136 e. The second-order valence-corrected chi connectivity index (χ2v) is 5.70. The zero-order valence-electron chi connectivity index (χ0n) is 13.1. The summed E-state index contributed by atoms with van der Waals surface area (Å²) in [6.45, 7) is 5.64. The molecule has 1 aromatic heterocycles. The lowest BCUT2D eigenvalue weighted by Gasteiger charge is -2.13. The van der Waals surface area contributed by atoms with Gasteiger partial charge in [-0.3, -0.25) is 0 Å². The maximum absolute atomic E-state index is 5.62. The number of ether oxygens (including phenoxy) is 1. The fourth-order valence-electron chi connectivity index (χ4n) is 2.62. The zero-order chi connectivity index (χ0) is 15.4. The van der Waals surface area contributed by atoms with Crippen molar-refractivity contribution < 1.29 is 4.74 Å². The van der Waals surface area contributed by atoms with Crippen LogP contribution in [0.4, 0.5) is 17.3 Å². The predicted molar refractivity (Wildman–Crippen MR) is 88.7 cm³/mol. The monoisotopic (exact) mass is 298 g/mol. The number of nitrogens with zero attached hydrogens (tertiary/aromatic N) is 2. The van der Waals surface area contributed by atoms with Crippen molar-refractivity contribution in [2.45, 2.75) is 32.8 Å². The summed E-state index contributed by atoms with van der Waals surface area (Å²) >= 11 is 0. The summed E-state index contributed by atoms with van der Waals surface area (Å²) < 4.78 is 5.62. The Kier molecular flexibility index (Phi) is 4.53. The molecule has 0 saturated carbocycles. The van der Waals surface area contributed by atoms with E-state index in [0.29, 0.717) is 6.10 Å². The van der Waals surface area contributed by atoms with Crippen molar-refractivity contribution in [1.82, 2.24) is 9.97 Å². The minimum Gasteiger partial charge on any atom is -0.376 e. The average molecular weight is 298 g/mol. The number of aryl methyl sites for hydroxylation is 2. The Balaban J connectivity index is 1.68. The van der Waals surface area contributed by atoms with Gasteiger partial charge in [0.1, 0.15) is 17.5 Å². The molecule has 2 heterocycles. The Morgan fingerprint density at radius 3 is 2.82 bits per heavy atom. The van der Waals surface area contributed by atoms with E-state index in [1.807, 2.05) is 25.1 Å². The van der Waals surface area contributed by atoms with Gasteiger partial charge in [0.2, 0.25) is 0 Å². The second-order valence-electron chi connectivity index (χ2n) is 5.70. The molecule has 5 nitrogen and oxygen atoms in total. The lowest BCUT2D eigenvalue weighted by Crippen LogP contribution is -2.19. The predicted octanol–water partition coefficient (Wildman–Crippen LogP) is 3.43. The van der Waals surface area contributed by atoms with Crippen molar-refractivity contribution in [2.24, 2.45) is 0 Å². The first-order chi connectivity index (χ1) is 10.7. The molecule has 1 aromatic carbocycles. The van der Waals surface area contributed by atoms with E-state index in [2.05, 4.69) is 39.7 Å². The van der Waals surface area contributed by atoms with Crippen LogP contribution in [0.25, 0.3) is 0 Å². The van der Waals surface area contributed by atoms with Crippen LogP contribution in [0.3, 0.4) is 0 Å². The second kappa shape index (κ2) is 6.75. The van der Waals surface area contributed by atoms with Crippen LogP contribution in [0.5, 0.6) is 0 Å². The molecule has 0 aliphatic carbocycles. The number of nitrogens with one attached hydrogen (secondary N) is 2. The number of anilines is 3. The molecule has 1 fully saturated rings.